The van der Waals surface area contributed by atoms with Gasteiger partial charge in [0.15, 0.2) is 11.6 Å². The van der Waals surface area contributed by atoms with Crippen LogP contribution in [0.4, 0.5) is 33.3 Å². The summed E-state index contributed by atoms with van der Waals surface area (Å²) < 4.78 is 20.5. The van der Waals surface area contributed by atoms with Gasteiger partial charge in [0.25, 0.3) is 0 Å². The predicted octanol–water partition coefficient (Wildman–Crippen LogP) is 4.45. The van der Waals surface area contributed by atoms with Crippen LogP contribution in [0.3, 0.4) is 0 Å². The minimum Gasteiger partial charge on any atom is -0.493 e. The molecule has 0 amide bonds. The zero-order chi connectivity index (χ0) is 22.8. The van der Waals surface area contributed by atoms with Crippen LogP contribution in [0.1, 0.15) is 0 Å². The molecule has 0 bridgehead atoms. The fourth-order valence-corrected chi connectivity index (χ4v) is 3.19. The van der Waals surface area contributed by atoms with Crippen molar-refractivity contribution in [1.82, 2.24) is 24.9 Å². The second-order valence-corrected chi connectivity index (χ2v) is 6.95. The lowest BCUT2D eigenvalue weighted by Crippen LogP contribution is -2.03. The molecule has 0 saturated heterocycles. The van der Waals surface area contributed by atoms with Crippen LogP contribution in [0.5, 0.6) is 17.4 Å². The topological polar surface area (TPSA) is 147 Å². The largest absolute Gasteiger partial charge is 0.493 e. The van der Waals surface area contributed by atoms with Gasteiger partial charge in [0.2, 0.25) is 11.8 Å². The molecule has 6 N–H and O–H groups in total. The van der Waals surface area contributed by atoms with Crippen LogP contribution in [-0.4, -0.2) is 30.0 Å². The molecule has 10 nitrogen and oxygen atoms in total. The molecule has 0 spiro atoms. The monoisotopic (exact) mass is 444 g/mol. The predicted molar refractivity (Wildman–Crippen MR) is 121 cm³/mol. The molecule has 0 atom stereocenters. The van der Waals surface area contributed by atoms with Crippen LogP contribution in [-0.2, 0) is 0 Å². The van der Waals surface area contributed by atoms with Gasteiger partial charge in [0.05, 0.1) is 5.39 Å². The van der Waals surface area contributed by atoms with E-state index in [4.69, 9.17) is 10.5 Å². The summed E-state index contributed by atoms with van der Waals surface area (Å²) in [6, 6.07) is 12.6. The van der Waals surface area contributed by atoms with E-state index < -0.39 is 5.82 Å². The number of aromatic nitrogens is 5. The first-order valence-corrected chi connectivity index (χ1v) is 9.76. The Morgan fingerprint density at radius 3 is 2.39 bits per heavy atom. The third kappa shape index (κ3) is 4.42. The van der Waals surface area contributed by atoms with Crippen LogP contribution in [0.15, 0.2) is 67.1 Å². The average Bonchev–Trinajstić information content (AvgIpc) is 3.25. The summed E-state index contributed by atoms with van der Waals surface area (Å²) in [5.74, 6) is 0.590. The Labute approximate surface area is 186 Å². The zero-order valence-corrected chi connectivity index (χ0v) is 17.0. The van der Waals surface area contributed by atoms with Gasteiger partial charge in [-0.2, -0.15) is 9.97 Å². The highest BCUT2D eigenvalue weighted by Gasteiger charge is 2.11. The van der Waals surface area contributed by atoms with Crippen molar-refractivity contribution in [3.8, 4) is 17.4 Å². The number of nitrogens with two attached hydrogens (primary N) is 1. The lowest BCUT2D eigenvalue weighted by atomic mass is 10.2. The van der Waals surface area contributed by atoms with E-state index in [2.05, 4.69) is 35.6 Å². The Bertz CT molecular complexity index is 1460. The maximum atomic E-state index is 14.8. The van der Waals surface area contributed by atoms with Crippen LogP contribution >= 0.6 is 0 Å². The number of nitrogen functional groups attached to an aromatic ring is 1. The molecule has 0 aliphatic carbocycles. The number of halogens is 1. The molecule has 11 heteroatoms. The Morgan fingerprint density at radius 2 is 1.64 bits per heavy atom. The van der Waals surface area contributed by atoms with Crippen molar-refractivity contribution in [2.45, 2.75) is 0 Å². The van der Waals surface area contributed by atoms with E-state index in [0.29, 0.717) is 34.4 Å². The van der Waals surface area contributed by atoms with Gasteiger partial charge in [0, 0.05) is 48.2 Å². The van der Waals surface area contributed by atoms with Crippen molar-refractivity contribution in [2.24, 2.45) is 0 Å². The highest BCUT2D eigenvalue weighted by atomic mass is 19.1. The Morgan fingerprint density at radius 1 is 0.879 bits per heavy atom. The molecule has 0 saturated carbocycles. The van der Waals surface area contributed by atoms with Crippen LogP contribution in [0.2, 0.25) is 0 Å². The van der Waals surface area contributed by atoms with Crippen molar-refractivity contribution in [3.05, 3.63) is 72.9 Å². The standard InChI is InChI=1S/C22H17FN8O2/c23-15-9-12(1-2-17(15)33-16-5-8-27-21-14(16)4-7-26-21)28-18-11-19(31-22(24)30-18)29-13-3-6-25-20(32)10-13/h1-11H,(H,26,27)(H5,24,25,28,29,30,31,32). The number of ether oxygens (including phenoxy) is 1. The summed E-state index contributed by atoms with van der Waals surface area (Å²) in [5, 5.41) is 16.2. The quantitative estimate of drug-likeness (QED) is 0.256. The van der Waals surface area contributed by atoms with Gasteiger partial charge in [0.1, 0.15) is 23.0 Å². The minimum absolute atomic E-state index is 0.00871. The molecule has 0 aliphatic heterocycles. The zero-order valence-electron chi connectivity index (χ0n) is 17.0. The van der Waals surface area contributed by atoms with Gasteiger partial charge in [-0.25, -0.2) is 14.4 Å². The van der Waals surface area contributed by atoms with E-state index >= 15 is 0 Å². The van der Waals surface area contributed by atoms with Gasteiger partial charge >= 0.3 is 0 Å². The van der Waals surface area contributed by atoms with Crippen molar-refractivity contribution >= 4 is 40.0 Å². The van der Waals surface area contributed by atoms with Crippen molar-refractivity contribution in [1.29, 1.82) is 0 Å². The van der Waals surface area contributed by atoms with Gasteiger partial charge in [-0.1, -0.05) is 0 Å². The highest BCUT2D eigenvalue weighted by molar-refractivity contribution is 5.82. The van der Waals surface area contributed by atoms with Gasteiger partial charge in [-0.05, 0) is 30.3 Å². The molecule has 0 aliphatic rings. The van der Waals surface area contributed by atoms with Crippen molar-refractivity contribution < 1.29 is 14.2 Å². The number of pyridine rings is 2. The van der Waals surface area contributed by atoms with Crippen LogP contribution in [0, 0.1) is 5.82 Å². The molecule has 0 fully saturated rings. The second-order valence-electron chi connectivity index (χ2n) is 6.95. The average molecular weight is 444 g/mol. The molecule has 4 heterocycles. The third-order valence-corrected chi connectivity index (χ3v) is 4.61. The lowest BCUT2D eigenvalue weighted by molar-refractivity contribution is 0.446. The number of fused-ring (bicyclic) bond motifs is 1. The summed E-state index contributed by atoms with van der Waals surface area (Å²) in [7, 11) is 0. The molecule has 5 rings (SSSR count). The fourth-order valence-electron chi connectivity index (χ4n) is 3.19. The van der Waals surface area contributed by atoms with Gasteiger partial charge in [-0.3, -0.25) is 0 Å². The van der Waals surface area contributed by atoms with Crippen LogP contribution in [0.25, 0.3) is 11.0 Å². The number of benzene rings is 1. The summed E-state index contributed by atoms with van der Waals surface area (Å²) >= 11 is 0. The molecule has 5 aromatic rings. The first kappa shape index (κ1) is 20.0. The summed E-state index contributed by atoms with van der Waals surface area (Å²) in [6.45, 7) is 0. The molecular formula is C22H17FN8O2. The molecule has 0 radical (unpaired) electrons. The summed E-state index contributed by atoms with van der Waals surface area (Å²) in [6.07, 6.45) is 4.77. The van der Waals surface area contributed by atoms with Crippen molar-refractivity contribution in [2.75, 3.05) is 16.4 Å². The normalized spacial score (nSPS) is 10.8. The fraction of sp³-hybridized carbons (Fsp3) is 0. The van der Waals surface area contributed by atoms with Gasteiger partial charge in [-0.15, -0.1) is 0 Å². The van der Waals surface area contributed by atoms with E-state index in [1.807, 2.05) is 6.07 Å². The number of H-pyrrole nitrogens is 1. The lowest BCUT2D eigenvalue weighted by Gasteiger charge is -2.12. The minimum atomic E-state index is -0.562. The molecule has 164 valence electrons. The Hall–Kier alpha value is -4.93. The number of hydrogen-bond acceptors (Lipinski definition) is 9. The molecule has 0 unspecified atom stereocenters. The van der Waals surface area contributed by atoms with E-state index in [1.54, 1.807) is 36.7 Å². The second kappa shape index (κ2) is 8.30. The molecule has 33 heavy (non-hydrogen) atoms. The smallest absolute Gasteiger partial charge is 0.223 e. The number of rotatable bonds is 6. The van der Waals surface area contributed by atoms with Crippen LogP contribution < -0.4 is 21.1 Å². The first-order chi connectivity index (χ1) is 16.0. The van der Waals surface area contributed by atoms with E-state index in [1.165, 1.54) is 24.4 Å². The SMILES string of the molecule is Nc1nc(Nc2ccnc(O)c2)cc(Nc2ccc(Oc3ccnc4[nH]ccc34)c(F)c2)n1. The van der Waals surface area contributed by atoms with Crippen molar-refractivity contribution in [3.63, 3.8) is 0 Å². The Kier molecular flexibility index (Phi) is 5.03. The summed E-state index contributed by atoms with van der Waals surface area (Å²) in [4.78, 5) is 19.1. The maximum Gasteiger partial charge on any atom is 0.223 e. The van der Waals surface area contributed by atoms with E-state index in [0.717, 1.165) is 5.39 Å². The number of aromatic hydroxyl groups is 1. The van der Waals surface area contributed by atoms with E-state index in [9.17, 15) is 9.50 Å². The number of nitrogens with zero attached hydrogens (tertiary/aromatic N) is 4. The van der Waals surface area contributed by atoms with E-state index in [-0.39, 0.29) is 17.6 Å². The maximum absolute atomic E-state index is 14.8. The number of aromatic amines is 1. The number of hydrogen-bond donors (Lipinski definition) is 5. The van der Waals surface area contributed by atoms with Gasteiger partial charge < -0.3 is 31.2 Å². The summed E-state index contributed by atoms with van der Waals surface area (Å²) in [5.41, 5.74) is 7.46. The molecular weight excluding hydrogens is 427 g/mol. The molecule has 1 aromatic carbocycles. The highest BCUT2D eigenvalue weighted by Crippen LogP contribution is 2.32. The third-order valence-electron chi connectivity index (χ3n) is 4.61. The molecule has 4 aromatic heterocycles. The first-order valence-electron chi connectivity index (χ1n) is 9.76. The Balaban J connectivity index is 1.35. The number of nitrogens with one attached hydrogen (secondary N) is 3. The number of anilines is 5.